The number of hydrogen-bond donors (Lipinski definition) is 0. The van der Waals surface area contributed by atoms with Gasteiger partial charge >= 0.3 is 41.9 Å². The number of fused-ring (bicyclic) bond motifs is 2. The van der Waals surface area contributed by atoms with Crippen LogP contribution in [0.3, 0.4) is 0 Å². The second-order valence-corrected chi connectivity index (χ2v) is 26.2. The van der Waals surface area contributed by atoms with Crippen molar-refractivity contribution >= 4 is 27.0 Å². The average molecular weight is 877 g/mol. The van der Waals surface area contributed by atoms with E-state index >= 15 is 0 Å². The van der Waals surface area contributed by atoms with Gasteiger partial charge in [0, 0.05) is 0 Å². The molecule has 3 fully saturated rings. The maximum Gasteiger partial charge on any atom is -0.0162 e. The fourth-order valence-corrected chi connectivity index (χ4v) is 9.68. The number of rotatable bonds is 6. The zero-order chi connectivity index (χ0) is 37.3. The van der Waals surface area contributed by atoms with Gasteiger partial charge in [-0.25, -0.2) is 0 Å². The van der Waals surface area contributed by atoms with Crippen LogP contribution in [0.4, 0.5) is 0 Å². The topological polar surface area (TPSA) is 0 Å². The Morgan fingerprint density at radius 1 is 0.518 bits per heavy atom. The van der Waals surface area contributed by atoms with Crippen LogP contribution < -0.4 is 24.8 Å². The molecule has 0 aliphatic heterocycles. The van der Waals surface area contributed by atoms with Gasteiger partial charge in [0.15, 0.2) is 0 Å². The minimum atomic E-state index is 0. The van der Waals surface area contributed by atoms with Gasteiger partial charge in [-0.3, -0.25) is 0 Å². The van der Waals surface area contributed by atoms with Crippen molar-refractivity contribution in [2.45, 2.75) is 141 Å². The Hall–Kier alpha value is -2.22. The van der Waals surface area contributed by atoms with Crippen LogP contribution in [0.1, 0.15) is 143 Å². The van der Waals surface area contributed by atoms with Crippen molar-refractivity contribution in [1.82, 2.24) is 0 Å². The Kier molecular flexibility index (Phi) is 17.8. The first-order valence-corrected chi connectivity index (χ1v) is 27.8. The molecule has 0 nitrogen and oxygen atoms in total. The molecule has 4 heteroatoms. The molecule has 6 aromatic carbocycles. The summed E-state index contributed by atoms with van der Waals surface area (Å²) in [7, 11) is 0. The minimum absolute atomic E-state index is 0. The zero-order valence-corrected chi connectivity index (χ0v) is 39.2. The summed E-state index contributed by atoms with van der Waals surface area (Å²) in [5.74, 6) is 2.37. The van der Waals surface area contributed by atoms with E-state index in [2.05, 4.69) is 129 Å². The fraction of sp³-hybridized carbons (Fsp3) is 0.423. The normalized spacial score (nSPS) is 16.5. The quantitative estimate of drug-likeness (QED) is 0.116. The Balaban J connectivity index is 0.000000191. The van der Waals surface area contributed by atoms with Crippen molar-refractivity contribution in [3.63, 3.8) is 0 Å². The number of aryl methyl sites for hydroxylation is 1. The van der Waals surface area contributed by atoms with Crippen molar-refractivity contribution in [1.29, 1.82) is 0 Å². The molecule has 294 valence electrons. The van der Waals surface area contributed by atoms with Crippen molar-refractivity contribution in [3.05, 3.63) is 131 Å². The molecule has 56 heavy (non-hydrogen) atoms. The van der Waals surface area contributed by atoms with Crippen molar-refractivity contribution in [2.75, 3.05) is 0 Å². The van der Waals surface area contributed by atoms with Gasteiger partial charge in [-0.2, -0.15) is 12.1 Å². The van der Waals surface area contributed by atoms with Crippen molar-refractivity contribution in [2.24, 2.45) is 0 Å². The Morgan fingerprint density at radius 3 is 1.34 bits per heavy atom. The van der Waals surface area contributed by atoms with E-state index < -0.39 is 0 Å². The summed E-state index contributed by atoms with van der Waals surface area (Å²) in [5, 5.41) is 5.64. The largest absolute Gasteiger partial charge is 1.00 e. The molecule has 0 atom stereocenters. The van der Waals surface area contributed by atoms with E-state index in [4.69, 9.17) is 0 Å². The second-order valence-electron chi connectivity index (χ2n) is 16.9. The summed E-state index contributed by atoms with van der Waals surface area (Å²) < 4.78 is 0. The molecule has 0 bridgehead atoms. The van der Waals surface area contributed by atoms with Crippen LogP contribution in [-0.2, 0) is 29.8 Å². The van der Waals surface area contributed by atoms with Crippen LogP contribution in [-0.4, -0.2) is 5.43 Å². The SMILES string of the molecule is CCc1cc2c(-c3ccc(C4CCCCC4)cc3)cccc2[cH-]1.C[Si](C)=[Zr+2].[Cl-].[Cl-].c1cc(-c2ccc(C3CCCCC3)cc2)c2cc(C3CCCCC3)[cH-]c2c1. The maximum absolute atomic E-state index is 2.50. The van der Waals surface area contributed by atoms with Gasteiger partial charge in [0.2, 0.25) is 0 Å². The second kappa shape index (κ2) is 22.2. The van der Waals surface area contributed by atoms with Crippen molar-refractivity contribution in [3.8, 4) is 22.3 Å². The van der Waals surface area contributed by atoms with E-state index in [0.717, 1.165) is 24.2 Å². The first kappa shape index (κ1) is 44.9. The molecule has 0 spiro atoms. The van der Waals surface area contributed by atoms with E-state index in [1.165, 1.54) is 151 Å². The number of benzene rings is 4. The predicted octanol–water partition coefficient (Wildman–Crippen LogP) is 9.95. The van der Waals surface area contributed by atoms with Gasteiger partial charge in [-0.1, -0.05) is 137 Å². The number of halogens is 2. The zero-order valence-electron chi connectivity index (χ0n) is 34.2. The maximum atomic E-state index is 2.50. The summed E-state index contributed by atoms with van der Waals surface area (Å²) in [5.41, 5.74) is 11.8. The van der Waals surface area contributed by atoms with E-state index in [1.807, 2.05) is 0 Å². The van der Waals surface area contributed by atoms with E-state index in [1.54, 1.807) is 34.5 Å². The molecule has 0 N–H and O–H groups in total. The smallest absolute Gasteiger partial charge is 0.0162 e. The molecule has 9 rings (SSSR count). The third-order valence-corrected chi connectivity index (χ3v) is 12.7. The summed E-state index contributed by atoms with van der Waals surface area (Å²) in [6.45, 7) is 6.85. The molecular formula is C52H62Cl2SiZr-2. The van der Waals surface area contributed by atoms with Gasteiger partial charge in [0.1, 0.15) is 0 Å². The standard InChI is InChI=1S/C27H31.C23H25.C2H6Si.2ClH.Zr/c1-3-8-20(9-4-1)22-14-16-23(17-15-22)26-13-7-12-24-18-25(19-27(24)26)21-10-5-2-6-11-21;1-2-17-15-21-9-6-10-22(23(21)16-17)20-13-11-19(12-14-20)18-7-4-3-5-8-18;1-3-2;;;/h7,12-21H,1-6,8-11H2;6,9-16,18H,2-5,7-8H2,1H3;1-2H3;2*1H;/q2*-1;;;;+2/p-2. The molecule has 3 aliphatic rings. The predicted molar refractivity (Wildman–Crippen MR) is 234 cm³/mol. The summed E-state index contributed by atoms with van der Waals surface area (Å²) >= 11 is 1.74. The van der Waals surface area contributed by atoms with Crippen LogP contribution in [0.15, 0.2) is 109 Å². The third-order valence-electron chi connectivity index (χ3n) is 12.7. The fourth-order valence-electron chi connectivity index (χ4n) is 9.68. The molecule has 0 aromatic heterocycles. The summed E-state index contributed by atoms with van der Waals surface area (Å²) in [4.78, 5) is 0. The average Bonchev–Trinajstić information content (AvgIpc) is 3.87. The van der Waals surface area contributed by atoms with Crippen LogP contribution in [0.25, 0.3) is 43.8 Å². The van der Waals surface area contributed by atoms with Gasteiger partial charge in [-0.05, 0) is 85.0 Å². The minimum Gasteiger partial charge on any atom is -1.00 e. The molecule has 0 unspecified atom stereocenters. The van der Waals surface area contributed by atoms with Crippen LogP contribution >= 0.6 is 0 Å². The van der Waals surface area contributed by atoms with Gasteiger partial charge < -0.3 is 24.8 Å². The molecule has 0 heterocycles. The summed E-state index contributed by atoms with van der Waals surface area (Å²) in [6.07, 6.45) is 22.1. The summed E-state index contributed by atoms with van der Waals surface area (Å²) in [6, 6.07) is 42.1. The molecule has 3 aliphatic carbocycles. The first-order valence-electron chi connectivity index (χ1n) is 21.6. The molecule has 0 amide bonds. The van der Waals surface area contributed by atoms with Crippen LogP contribution in [0.2, 0.25) is 13.1 Å². The van der Waals surface area contributed by atoms with Crippen LogP contribution in [0, 0.1) is 0 Å². The van der Waals surface area contributed by atoms with E-state index in [0.29, 0.717) is 0 Å². The van der Waals surface area contributed by atoms with Gasteiger partial charge in [0.05, 0.1) is 0 Å². The molecule has 3 saturated carbocycles. The van der Waals surface area contributed by atoms with E-state index in [9.17, 15) is 0 Å². The Bertz CT molecular complexity index is 2080. The van der Waals surface area contributed by atoms with E-state index in [-0.39, 0.29) is 30.2 Å². The third kappa shape index (κ3) is 11.5. The van der Waals surface area contributed by atoms with Gasteiger partial charge in [-0.15, -0.1) is 69.1 Å². The van der Waals surface area contributed by atoms with Crippen molar-refractivity contribution < 1.29 is 48.1 Å². The monoisotopic (exact) mass is 874 g/mol. The van der Waals surface area contributed by atoms with Crippen LogP contribution in [0.5, 0.6) is 0 Å². The molecular weight excluding hydrogens is 815 g/mol. The molecule has 0 saturated heterocycles. The first-order chi connectivity index (χ1) is 26.5. The molecule has 0 radical (unpaired) electrons. The number of hydrogen-bond acceptors (Lipinski definition) is 0. The Morgan fingerprint density at radius 2 is 0.911 bits per heavy atom. The Labute approximate surface area is 366 Å². The van der Waals surface area contributed by atoms with Gasteiger partial charge in [0.25, 0.3) is 0 Å². The molecule has 6 aromatic rings.